The fourth-order valence-electron chi connectivity index (χ4n) is 3.13. The minimum absolute atomic E-state index is 0.153. The summed E-state index contributed by atoms with van der Waals surface area (Å²) in [7, 11) is -3.54. The van der Waals surface area contributed by atoms with Crippen molar-refractivity contribution in [1.29, 1.82) is 0 Å². The first-order chi connectivity index (χ1) is 15.6. The molecule has 0 aliphatic heterocycles. The highest BCUT2D eigenvalue weighted by Crippen LogP contribution is 2.24. The minimum Gasteiger partial charge on any atom is -0.484 e. The van der Waals surface area contributed by atoms with Crippen LogP contribution in [0.4, 0.5) is 10.1 Å². The van der Waals surface area contributed by atoms with E-state index in [0.717, 1.165) is 17.4 Å². The summed E-state index contributed by atoms with van der Waals surface area (Å²) in [5.41, 5.74) is 2.03. The standard InChI is InChI=1S/C24H24ClFN2O4S/c1-17(19-5-9-21(26)10-6-19)27-24(29)16-32-23-13-11-22(12-14-23)28(33(2,30)31)15-18-3-7-20(25)8-4-18/h3-14,17H,15-16H2,1-2H3,(H,27,29). The summed E-state index contributed by atoms with van der Waals surface area (Å²) in [4.78, 5) is 12.2. The number of nitrogens with one attached hydrogen (secondary N) is 1. The summed E-state index contributed by atoms with van der Waals surface area (Å²) in [6, 6.07) is 19.0. The highest BCUT2D eigenvalue weighted by molar-refractivity contribution is 7.92. The van der Waals surface area contributed by atoms with Gasteiger partial charge in [-0.1, -0.05) is 35.9 Å². The molecular formula is C24H24ClFN2O4S. The van der Waals surface area contributed by atoms with Gasteiger partial charge in [0, 0.05) is 5.02 Å². The summed E-state index contributed by atoms with van der Waals surface area (Å²) in [6.45, 7) is 1.73. The fraction of sp³-hybridized carbons (Fsp3) is 0.208. The number of anilines is 1. The molecule has 1 unspecified atom stereocenters. The lowest BCUT2D eigenvalue weighted by molar-refractivity contribution is -0.123. The molecule has 9 heteroatoms. The van der Waals surface area contributed by atoms with Crippen molar-refractivity contribution >= 4 is 33.2 Å². The fourth-order valence-corrected chi connectivity index (χ4v) is 4.15. The third kappa shape index (κ3) is 7.20. The molecule has 1 amide bonds. The van der Waals surface area contributed by atoms with E-state index in [0.29, 0.717) is 16.5 Å². The lowest BCUT2D eigenvalue weighted by Crippen LogP contribution is -2.31. The van der Waals surface area contributed by atoms with Crippen LogP contribution in [0.15, 0.2) is 72.8 Å². The Kier molecular flexibility index (Phi) is 7.94. The van der Waals surface area contributed by atoms with Gasteiger partial charge >= 0.3 is 0 Å². The maximum atomic E-state index is 13.0. The Hall–Kier alpha value is -3.10. The molecule has 174 valence electrons. The molecule has 3 aromatic carbocycles. The molecule has 0 saturated heterocycles. The third-order valence-electron chi connectivity index (χ3n) is 4.88. The molecule has 33 heavy (non-hydrogen) atoms. The van der Waals surface area contributed by atoms with Crippen molar-refractivity contribution in [3.63, 3.8) is 0 Å². The molecule has 0 saturated carbocycles. The van der Waals surface area contributed by atoms with Gasteiger partial charge in [0.15, 0.2) is 6.61 Å². The average Bonchev–Trinajstić information content (AvgIpc) is 2.77. The number of carbonyl (C=O) groups is 1. The second-order valence-corrected chi connectivity index (χ2v) is 9.86. The van der Waals surface area contributed by atoms with Gasteiger partial charge in [0.25, 0.3) is 5.91 Å². The molecule has 0 heterocycles. The second kappa shape index (κ2) is 10.7. The number of sulfonamides is 1. The molecule has 1 N–H and O–H groups in total. The Morgan fingerprint density at radius 2 is 1.64 bits per heavy atom. The molecule has 0 spiro atoms. The van der Waals surface area contributed by atoms with Gasteiger partial charge < -0.3 is 10.1 Å². The third-order valence-corrected chi connectivity index (χ3v) is 6.27. The molecule has 6 nitrogen and oxygen atoms in total. The minimum atomic E-state index is -3.54. The van der Waals surface area contributed by atoms with Gasteiger partial charge in [-0.3, -0.25) is 9.10 Å². The Bertz CT molecular complexity index is 1180. The van der Waals surface area contributed by atoms with E-state index < -0.39 is 10.0 Å². The molecule has 3 aromatic rings. The van der Waals surface area contributed by atoms with E-state index in [1.54, 1.807) is 67.6 Å². The Labute approximate surface area is 198 Å². The van der Waals surface area contributed by atoms with Crippen molar-refractivity contribution < 1.29 is 22.3 Å². The van der Waals surface area contributed by atoms with Crippen LogP contribution in [0.25, 0.3) is 0 Å². The topological polar surface area (TPSA) is 75.7 Å². The van der Waals surface area contributed by atoms with Gasteiger partial charge in [-0.05, 0) is 66.6 Å². The van der Waals surface area contributed by atoms with Crippen molar-refractivity contribution in [3.05, 3.63) is 94.8 Å². The van der Waals surface area contributed by atoms with E-state index in [1.165, 1.54) is 16.4 Å². The summed E-state index contributed by atoms with van der Waals surface area (Å²) in [5.74, 6) is -0.258. The molecule has 3 rings (SSSR count). The van der Waals surface area contributed by atoms with Gasteiger partial charge in [0.05, 0.1) is 24.5 Å². The predicted molar refractivity (Wildman–Crippen MR) is 127 cm³/mol. The number of carbonyl (C=O) groups excluding carboxylic acids is 1. The molecule has 1 atom stereocenters. The van der Waals surface area contributed by atoms with Gasteiger partial charge in [0.1, 0.15) is 11.6 Å². The molecular weight excluding hydrogens is 467 g/mol. The highest BCUT2D eigenvalue weighted by atomic mass is 35.5. The van der Waals surface area contributed by atoms with Crippen LogP contribution >= 0.6 is 11.6 Å². The van der Waals surface area contributed by atoms with Crippen LogP contribution in [0, 0.1) is 5.82 Å². The molecule has 0 aliphatic rings. The highest BCUT2D eigenvalue weighted by Gasteiger charge is 2.18. The van der Waals surface area contributed by atoms with E-state index in [9.17, 15) is 17.6 Å². The number of nitrogens with zero attached hydrogens (tertiary/aromatic N) is 1. The Morgan fingerprint density at radius 3 is 2.21 bits per heavy atom. The second-order valence-electron chi connectivity index (χ2n) is 7.52. The van der Waals surface area contributed by atoms with Crippen molar-refractivity contribution in [1.82, 2.24) is 5.32 Å². The zero-order chi connectivity index (χ0) is 24.0. The van der Waals surface area contributed by atoms with Gasteiger partial charge in [0.2, 0.25) is 10.0 Å². The first kappa shape index (κ1) is 24.5. The van der Waals surface area contributed by atoms with Crippen molar-refractivity contribution in [2.75, 3.05) is 17.2 Å². The van der Waals surface area contributed by atoms with Crippen LogP contribution in [0.3, 0.4) is 0 Å². The van der Waals surface area contributed by atoms with Crippen LogP contribution in [0.1, 0.15) is 24.1 Å². The van der Waals surface area contributed by atoms with E-state index in [2.05, 4.69) is 5.32 Å². The van der Waals surface area contributed by atoms with Crippen molar-refractivity contribution in [2.45, 2.75) is 19.5 Å². The van der Waals surface area contributed by atoms with Gasteiger partial charge in [-0.25, -0.2) is 12.8 Å². The van der Waals surface area contributed by atoms with Crippen LogP contribution < -0.4 is 14.4 Å². The van der Waals surface area contributed by atoms with E-state index in [-0.39, 0.29) is 30.9 Å². The average molecular weight is 491 g/mol. The number of ether oxygens (including phenoxy) is 1. The smallest absolute Gasteiger partial charge is 0.258 e. The molecule has 0 bridgehead atoms. The van der Waals surface area contributed by atoms with E-state index in [4.69, 9.17) is 16.3 Å². The first-order valence-electron chi connectivity index (χ1n) is 10.1. The Morgan fingerprint density at radius 1 is 1.03 bits per heavy atom. The number of rotatable bonds is 9. The lowest BCUT2D eigenvalue weighted by atomic mass is 10.1. The number of hydrogen-bond acceptors (Lipinski definition) is 4. The van der Waals surface area contributed by atoms with Crippen LogP contribution in [-0.2, 0) is 21.4 Å². The normalized spacial score (nSPS) is 12.1. The molecule has 0 aliphatic carbocycles. The monoisotopic (exact) mass is 490 g/mol. The first-order valence-corrected chi connectivity index (χ1v) is 12.3. The maximum absolute atomic E-state index is 13.0. The van der Waals surface area contributed by atoms with Crippen LogP contribution in [-0.4, -0.2) is 27.2 Å². The summed E-state index contributed by atoms with van der Waals surface area (Å²) >= 11 is 5.90. The number of amides is 1. The maximum Gasteiger partial charge on any atom is 0.258 e. The lowest BCUT2D eigenvalue weighted by Gasteiger charge is -2.23. The summed E-state index contributed by atoms with van der Waals surface area (Å²) in [6.07, 6.45) is 1.14. The van der Waals surface area contributed by atoms with Crippen molar-refractivity contribution in [2.24, 2.45) is 0 Å². The SMILES string of the molecule is CC(NC(=O)COc1ccc(N(Cc2ccc(Cl)cc2)S(C)(=O)=O)cc1)c1ccc(F)cc1. The molecule has 0 aromatic heterocycles. The molecule has 0 radical (unpaired) electrons. The van der Waals surface area contributed by atoms with Crippen LogP contribution in [0.2, 0.25) is 5.02 Å². The predicted octanol–water partition coefficient (Wildman–Crippen LogP) is 4.70. The zero-order valence-corrected chi connectivity index (χ0v) is 19.7. The quantitative estimate of drug-likeness (QED) is 0.471. The van der Waals surface area contributed by atoms with Crippen molar-refractivity contribution in [3.8, 4) is 5.75 Å². The largest absolute Gasteiger partial charge is 0.484 e. The zero-order valence-electron chi connectivity index (χ0n) is 18.2. The number of halogens is 2. The van der Waals surface area contributed by atoms with Gasteiger partial charge in [-0.15, -0.1) is 0 Å². The summed E-state index contributed by atoms with van der Waals surface area (Å²) in [5, 5.41) is 3.35. The summed E-state index contributed by atoms with van der Waals surface area (Å²) < 4.78 is 44.5. The van der Waals surface area contributed by atoms with E-state index in [1.807, 2.05) is 0 Å². The Balaban J connectivity index is 1.60. The number of benzene rings is 3. The van der Waals surface area contributed by atoms with E-state index >= 15 is 0 Å². The van der Waals surface area contributed by atoms with Gasteiger partial charge in [-0.2, -0.15) is 0 Å². The van der Waals surface area contributed by atoms with Crippen LogP contribution in [0.5, 0.6) is 5.75 Å². The molecule has 0 fully saturated rings. The number of hydrogen-bond donors (Lipinski definition) is 1.